The largest absolute Gasteiger partial charge is 0.441 e. The number of hydrogen-bond acceptors (Lipinski definition) is 5. The molecule has 1 aliphatic carbocycles. The second-order valence-electron chi connectivity index (χ2n) is 7.72. The quantitative estimate of drug-likeness (QED) is 0.486. The number of oxazole rings is 1. The fraction of sp³-hybridized carbons (Fsp3) is 0.273. The van der Waals surface area contributed by atoms with Crippen LogP contribution in [0.1, 0.15) is 30.1 Å². The molecule has 0 aliphatic heterocycles. The van der Waals surface area contributed by atoms with E-state index in [0.717, 1.165) is 16.9 Å². The molecule has 4 aromatic rings. The van der Waals surface area contributed by atoms with E-state index in [1.807, 2.05) is 35.9 Å². The molecule has 5 rings (SSSR count). The predicted molar refractivity (Wildman–Crippen MR) is 105 cm³/mol. The van der Waals surface area contributed by atoms with Gasteiger partial charge in [0.25, 0.3) is 0 Å². The molecule has 0 saturated heterocycles. The molecule has 1 fully saturated rings. The van der Waals surface area contributed by atoms with Crippen LogP contribution in [-0.4, -0.2) is 25.3 Å². The Bertz CT molecular complexity index is 1290. The van der Waals surface area contributed by atoms with Gasteiger partial charge in [-0.3, -0.25) is 0 Å². The molecule has 0 aromatic carbocycles. The van der Waals surface area contributed by atoms with Crippen molar-refractivity contribution in [2.45, 2.75) is 32.1 Å². The lowest BCUT2D eigenvalue weighted by atomic mass is 9.79. The number of pyridine rings is 2. The Kier molecular flexibility index (Phi) is 4.13. The minimum absolute atomic E-state index is 0.115. The summed E-state index contributed by atoms with van der Waals surface area (Å²) in [6, 6.07) is 9.24. The molecule has 30 heavy (non-hydrogen) atoms. The van der Waals surface area contributed by atoms with Gasteiger partial charge in [-0.15, -0.1) is 0 Å². The summed E-state index contributed by atoms with van der Waals surface area (Å²) in [4.78, 5) is 13.2. The van der Waals surface area contributed by atoms with Crippen molar-refractivity contribution >= 4 is 5.65 Å². The maximum atomic E-state index is 13.1. The maximum absolute atomic E-state index is 13.1. The van der Waals surface area contributed by atoms with Gasteiger partial charge in [0, 0.05) is 42.8 Å². The lowest BCUT2D eigenvalue weighted by Gasteiger charge is -2.34. The highest BCUT2D eigenvalue weighted by Crippen LogP contribution is 2.44. The predicted octanol–water partition coefficient (Wildman–Crippen LogP) is 4.82. The molecule has 4 heterocycles. The zero-order valence-electron chi connectivity index (χ0n) is 16.1. The summed E-state index contributed by atoms with van der Waals surface area (Å²) >= 11 is 0. The van der Waals surface area contributed by atoms with Crippen LogP contribution >= 0.6 is 0 Å². The summed E-state index contributed by atoms with van der Waals surface area (Å²) in [5.74, 6) is -1.76. The molecule has 0 unspecified atom stereocenters. The van der Waals surface area contributed by atoms with Gasteiger partial charge in [0.1, 0.15) is 17.4 Å². The third-order valence-electron chi connectivity index (χ3n) is 5.32. The Labute approximate surface area is 170 Å². The van der Waals surface area contributed by atoms with E-state index in [4.69, 9.17) is 4.42 Å². The monoisotopic (exact) mass is 405 g/mol. The van der Waals surface area contributed by atoms with Crippen LogP contribution in [0, 0.1) is 24.2 Å². The summed E-state index contributed by atoms with van der Waals surface area (Å²) in [5.41, 5.74) is 3.99. The van der Waals surface area contributed by atoms with Gasteiger partial charge < -0.3 is 8.82 Å². The van der Waals surface area contributed by atoms with Crippen molar-refractivity contribution in [3.8, 4) is 28.7 Å². The molecule has 0 bridgehead atoms. The fourth-order valence-electron chi connectivity index (χ4n) is 3.90. The van der Waals surface area contributed by atoms with Crippen molar-refractivity contribution in [2.75, 3.05) is 0 Å². The number of aryl methyl sites for hydroxylation is 1. The van der Waals surface area contributed by atoms with Crippen LogP contribution in [0.5, 0.6) is 0 Å². The van der Waals surface area contributed by atoms with Crippen LogP contribution in [-0.2, 0) is 6.42 Å². The van der Waals surface area contributed by atoms with Gasteiger partial charge in [0.05, 0.1) is 17.6 Å². The number of hydrogen-bond donors (Lipinski definition) is 0. The summed E-state index contributed by atoms with van der Waals surface area (Å²) in [6.45, 7) is 1.92. The van der Waals surface area contributed by atoms with Crippen LogP contribution in [0.25, 0.3) is 28.2 Å². The van der Waals surface area contributed by atoms with Crippen LogP contribution in [0.3, 0.4) is 0 Å². The van der Waals surface area contributed by atoms with Crippen LogP contribution in [0.15, 0.2) is 47.3 Å². The third kappa shape index (κ3) is 3.32. The van der Waals surface area contributed by atoms with E-state index in [0.29, 0.717) is 29.3 Å². The summed E-state index contributed by atoms with van der Waals surface area (Å²) < 4.78 is 34.0. The number of fused-ring (bicyclic) bond motifs is 1. The molecule has 6 nitrogen and oxygen atoms in total. The Morgan fingerprint density at radius 2 is 2.10 bits per heavy atom. The van der Waals surface area contributed by atoms with Crippen LogP contribution in [0.2, 0.25) is 0 Å². The van der Waals surface area contributed by atoms with E-state index in [2.05, 4.69) is 21.0 Å². The van der Waals surface area contributed by atoms with E-state index < -0.39 is 5.92 Å². The van der Waals surface area contributed by atoms with Crippen molar-refractivity contribution < 1.29 is 13.2 Å². The smallest absolute Gasteiger partial charge is 0.248 e. The van der Waals surface area contributed by atoms with Crippen molar-refractivity contribution in [2.24, 2.45) is 5.92 Å². The van der Waals surface area contributed by atoms with E-state index in [9.17, 15) is 14.0 Å². The zero-order chi connectivity index (χ0) is 20.9. The van der Waals surface area contributed by atoms with E-state index >= 15 is 0 Å². The lowest BCUT2D eigenvalue weighted by Crippen LogP contribution is -2.36. The van der Waals surface area contributed by atoms with Crippen LogP contribution in [0.4, 0.5) is 8.78 Å². The van der Waals surface area contributed by atoms with Crippen molar-refractivity contribution in [1.82, 2.24) is 19.4 Å². The Morgan fingerprint density at radius 3 is 2.87 bits per heavy atom. The number of rotatable bonds is 4. The van der Waals surface area contributed by atoms with E-state index in [1.54, 1.807) is 18.3 Å². The first-order valence-electron chi connectivity index (χ1n) is 9.60. The number of alkyl halides is 2. The van der Waals surface area contributed by atoms with E-state index in [-0.39, 0.29) is 24.5 Å². The van der Waals surface area contributed by atoms with Gasteiger partial charge in [-0.2, -0.15) is 5.26 Å². The molecule has 4 aromatic heterocycles. The van der Waals surface area contributed by atoms with Gasteiger partial charge in [0.15, 0.2) is 11.7 Å². The molecule has 8 heteroatoms. The topological polar surface area (TPSA) is 80.0 Å². The highest BCUT2D eigenvalue weighted by Gasteiger charge is 2.45. The molecule has 1 saturated carbocycles. The van der Waals surface area contributed by atoms with Gasteiger partial charge >= 0.3 is 0 Å². The molecular formula is C22H17F2N5O. The number of nitriles is 1. The summed E-state index contributed by atoms with van der Waals surface area (Å²) in [7, 11) is 0. The van der Waals surface area contributed by atoms with Gasteiger partial charge in [-0.25, -0.2) is 23.7 Å². The molecule has 0 N–H and O–H groups in total. The molecule has 0 radical (unpaired) electrons. The second-order valence-corrected chi connectivity index (χ2v) is 7.72. The van der Waals surface area contributed by atoms with E-state index in [1.165, 1.54) is 0 Å². The first-order valence-corrected chi connectivity index (χ1v) is 9.60. The maximum Gasteiger partial charge on any atom is 0.248 e. The van der Waals surface area contributed by atoms with Crippen molar-refractivity contribution in [1.29, 1.82) is 5.26 Å². The Hall–Kier alpha value is -3.60. The number of imidazole rings is 1. The highest BCUT2D eigenvalue weighted by atomic mass is 19.3. The van der Waals surface area contributed by atoms with Crippen molar-refractivity contribution in [3.63, 3.8) is 0 Å². The second kappa shape index (κ2) is 6.73. The SMILES string of the molecule is Cc1cn2ccc(-c3nc(C#N)ccc3-c3cnc(CC4CC(F)(F)C4)o3)cc2n1. The Balaban J connectivity index is 1.52. The van der Waals surface area contributed by atoms with Gasteiger partial charge in [-0.05, 0) is 37.1 Å². The first-order chi connectivity index (χ1) is 14.4. The number of aromatic nitrogens is 4. The van der Waals surface area contributed by atoms with Crippen LogP contribution < -0.4 is 0 Å². The third-order valence-corrected chi connectivity index (χ3v) is 5.32. The molecular weight excluding hydrogens is 388 g/mol. The summed E-state index contributed by atoms with van der Waals surface area (Å²) in [5, 5.41) is 9.30. The number of halogens is 2. The average molecular weight is 405 g/mol. The fourth-order valence-corrected chi connectivity index (χ4v) is 3.90. The summed E-state index contributed by atoms with van der Waals surface area (Å²) in [6.07, 6.45) is 5.52. The van der Waals surface area contributed by atoms with Gasteiger partial charge in [0.2, 0.25) is 5.92 Å². The normalized spacial score (nSPS) is 15.8. The first kappa shape index (κ1) is 18.4. The molecule has 0 atom stereocenters. The Morgan fingerprint density at radius 1 is 1.27 bits per heavy atom. The van der Waals surface area contributed by atoms with Crippen molar-refractivity contribution in [3.05, 3.63) is 60.1 Å². The minimum atomic E-state index is -2.56. The number of nitrogens with zero attached hydrogens (tertiary/aromatic N) is 5. The molecule has 0 amide bonds. The average Bonchev–Trinajstić information content (AvgIpc) is 3.31. The minimum Gasteiger partial charge on any atom is -0.441 e. The van der Waals surface area contributed by atoms with Gasteiger partial charge in [-0.1, -0.05) is 0 Å². The zero-order valence-corrected chi connectivity index (χ0v) is 16.1. The molecule has 1 aliphatic rings. The molecule has 150 valence electrons. The highest BCUT2D eigenvalue weighted by molar-refractivity contribution is 5.79. The lowest BCUT2D eigenvalue weighted by molar-refractivity contribution is -0.110. The standard InChI is InChI=1S/C22H17F2N5O/c1-13-12-29-5-4-15(7-19(29)27-13)21-17(3-2-16(10-25)28-21)18-11-26-20(30-18)6-14-8-22(23,24)9-14/h2-5,7,11-12,14H,6,8-9H2,1H3. The molecule has 0 spiro atoms.